The molecule has 0 spiro atoms. The van der Waals surface area contributed by atoms with Gasteiger partial charge in [-0.25, -0.2) is 4.68 Å². The van der Waals surface area contributed by atoms with Gasteiger partial charge in [0.2, 0.25) is 0 Å². The summed E-state index contributed by atoms with van der Waals surface area (Å²) in [6.45, 7) is 5.61. The van der Waals surface area contributed by atoms with Crippen LogP contribution in [0.1, 0.15) is 35.4 Å². The fourth-order valence-electron chi connectivity index (χ4n) is 4.88. The van der Waals surface area contributed by atoms with E-state index in [-0.39, 0.29) is 18.1 Å². The number of aromatic nitrogens is 4. The molecule has 2 atom stereocenters. The third-order valence-corrected chi connectivity index (χ3v) is 6.57. The number of fused-ring (bicyclic) bond motifs is 1. The number of hydrogen-bond acceptors (Lipinski definition) is 6. The van der Waals surface area contributed by atoms with Crippen molar-refractivity contribution in [2.45, 2.75) is 38.3 Å². The van der Waals surface area contributed by atoms with Gasteiger partial charge in [-0.15, -0.1) is 5.10 Å². The highest BCUT2D eigenvalue weighted by atomic mass is 16.5. The van der Waals surface area contributed by atoms with Crippen LogP contribution in [0.15, 0.2) is 36.5 Å². The van der Waals surface area contributed by atoms with E-state index in [9.17, 15) is 4.79 Å². The highest BCUT2D eigenvalue weighted by Gasteiger charge is 2.38. The smallest absolute Gasteiger partial charge is 0.276 e. The molecule has 2 saturated heterocycles. The second-order valence-electron chi connectivity index (χ2n) is 8.50. The molecule has 0 saturated carbocycles. The van der Waals surface area contributed by atoms with Crippen molar-refractivity contribution in [2.24, 2.45) is 0 Å². The topological polar surface area (TPSA) is 76.4 Å². The predicted octanol–water partition coefficient (Wildman–Crippen LogP) is 2.45. The lowest BCUT2D eigenvalue weighted by atomic mass is 10.1. The normalized spacial score (nSPS) is 21.9. The van der Waals surface area contributed by atoms with Gasteiger partial charge < -0.3 is 14.5 Å². The minimum atomic E-state index is -0.0688. The van der Waals surface area contributed by atoms with Gasteiger partial charge in [-0.3, -0.25) is 9.78 Å². The van der Waals surface area contributed by atoms with Gasteiger partial charge in [0.05, 0.1) is 23.0 Å². The van der Waals surface area contributed by atoms with Gasteiger partial charge in [-0.1, -0.05) is 23.4 Å². The Balaban J connectivity index is 1.44. The first kappa shape index (κ1) is 20.1. The number of rotatable bonds is 5. The molecule has 3 aromatic rings. The van der Waals surface area contributed by atoms with Crippen molar-refractivity contribution in [3.63, 3.8) is 0 Å². The Morgan fingerprint density at radius 2 is 2.00 bits per heavy atom. The number of methoxy groups -OCH3 is 1. The van der Waals surface area contributed by atoms with Crippen molar-refractivity contribution in [2.75, 3.05) is 33.3 Å². The van der Waals surface area contributed by atoms with Crippen molar-refractivity contribution >= 4 is 16.8 Å². The first-order valence-electron chi connectivity index (χ1n) is 11.0. The molecule has 162 valence electrons. The monoisotopic (exact) mass is 420 g/mol. The van der Waals surface area contributed by atoms with Gasteiger partial charge in [0.15, 0.2) is 5.69 Å². The van der Waals surface area contributed by atoms with Crippen molar-refractivity contribution in [3.05, 3.63) is 47.9 Å². The van der Waals surface area contributed by atoms with Crippen LogP contribution in [0, 0.1) is 6.92 Å². The van der Waals surface area contributed by atoms with Crippen LogP contribution in [0.2, 0.25) is 0 Å². The van der Waals surface area contributed by atoms with Crippen LogP contribution in [0.5, 0.6) is 0 Å². The van der Waals surface area contributed by atoms with Gasteiger partial charge in [0, 0.05) is 37.8 Å². The Bertz CT molecular complexity index is 1090. The van der Waals surface area contributed by atoms with Crippen LogP contribution in [0.25, 0.3) is 16.6 Å². The third-order valence-electron chi connectivity index (χ3n) is 6.57. The number of amides is 1. The van der Waals surface area contributed by atoms with Gasteiger partial charge in [0.1, 0.15) is 0 Å². The summed E-state index contributed by atoms with van der Waals surface area (Å²) in [5.41, 5.74) is 2.79. The average molecular weight is 421 g/mol. The van der Waals surface area contributed by atoms with Crippen LogP contribution in [0.3, 0.4) is 0 Å². The number of benzene rings is 1. The molecule has 0 aliphatic carbocycles. The Morgan fingerprint density at radius 1 is 1.19 bits per heavy atom. The summed E-state index contributed by atoms with van der Waals surface area (Å²) in [6, 6.07) is 10.0. The van der Waals surface area contributed by atoms with Crippen molar-refractivity contribution in [1.29, 1.82) is 0 Å². The van der Waals surface area contributed by atoms with Crippen LogP contribution < -0.4 is 0 Å². The number of hydrogen-bond donors (Lipinski definition) is 0. The summed E-state index contributed by atoms with van der Waals surface area (Å²) in [5, 5.41) is 9.66. The number of likely N-dealkylation sites (tertiary alicyclic amines) is 2. The molecular formula is C23H28N6O2. The fraction of sp³-hybridized carbons (Fsp3) is 0.478. The fourth-order valence-corrected chi connectivity index (χ4v) is 4.88. The van der Waals surface area contributed by atoms with E-state index in [1.54, 1.807) is 18.0 Å². The van der Waals surface area contributed by atoms with Gasteiger partial charge in [-0.2, -0.15) is 0 Å². The first-order valence-corrected chi connectivity index (χ1v) is 11.0. The molecule has 0 N–H and O–H groups in total. The second-order valence-corrected chi connectivity index (χ2v) is 8.50. The molecule has 0 bridgehead atoms. The summed E-state index contributed by atoms with van der Waals surface area (Å²) in [4.78, 5) is 22.4. The molecule has 5 rings (SSSR count). The molecule has 0 unspecified atom stereocenters. The summed E-state index contributed by atoms with van der Waals surface area (Å²) < 4.78 is 7.34. The minimum Gasteiger partial charge on any atom is -0.380 e. The number of pyridine rings is 1. The Labute approximate surface area is 181 Å². The molecule has 2 aliphatic heterocycles. The molecule has 2 fully saturated rings. The van der Waals surface area contributed by atoms with Gasteiger partial charge >= 0.3 is 0 Å². The standard InChI is InChI=1S/C23H28N6O2/c1-16-21(25-26-29(16)20-9-5-7-17-8-6-10-24-22(17)20)23(30)28-15-19(31-2)13-18(28)14-27-11-3-4-12-27/h5-10,18-19H,3-4,11-15H2,1-2H3/t18-,19-/m0/s1. The van der Waals surface area contributed by atoms with E-state index < -0.39 is 0 Å². The van der Waals surface area contributed by atoms with E-state index in [1.165, 1.54) is 12.8 Å². The lowest BCUT2D eigenvalue weighted by Crippen LogP contribution is -2.43. The Kier molecular flexibility index (Phi) is 5.41. The predicted molar refractivity (Wildman–Crippen MR) is 117 cm³/mol. The van der Waals surface area contributed by atoms with Gasteiger partial charge in [0.25, 0.3) is 5.91 Å². The molecule has 2 aliphatic rings. The van der Waals surface area contributed by atoms with Crippen LogP contribution in [-0.4, -0.2) is 81.1 Å². The second kappa shape index (κ2) is 8.36. The van der Waals surface area contributed by atoms with Crippen LogP contribution in [-0.2, 0) is 4.74 Å². The number of para-hydroxylation sites is 1. The summed E-state index contributed by atoms with van der Waals surface area (Å²) in [6.07, 6.45) is 5.16. The van der Waals surface area contributed by atoms with Crippen molar-refractivity contribution in [3.8, 4) is 5.69 Å². The number of carbonyl (C=O) groups excluding carboxylic acids is 1. The SMILES string of the molecule is CO[C@H]1C[C@@H](CN2CCCC2)N(C(=O)c2nnn(-c3cccc4cccnc34)c2C)C1. The van der Waals surface area contributed by atoms with Crippen molar-refractivity contribution < 1.29 is 9.53 Å². The largest absolute Gasteiger partial charge is 0.380 e. The van der Waals surface area contributed by atoms with E-state index in [0.29, 0.717) is 12.2 Å². The van der Waals surface area contributed by atoms with E-state index in [1.807, 2.05) is 42.2 Å². The molecule has 1 amide bonds. The first-order chi connectivity index (χ1) is 15.2. The van der Waals surface area contributed by atoms with E-state index in [2.05, 4.69) is 20.2 Å². The molecule has 31 heavy (non-hydrogen) atoms. The van der Waals surface area contributed by atoms with E-state index in [0.717, 1.165) is 48.3 Å². The quantitative estimate of drug-likeness (QED) is 0.631. The maximum absolute atomic E-state index is 13.5. The maximum atomic E-state index is 13.5. The van der Waals surface area contributed by atoms with Crippen LogP contribution >= 0.6 is 0 Å². The molecule has 8 nitrogen and oxygen atoms in total. The molecule has 1 aromatic carbocycles. The van der Waals surface area contributed by atoms with Crippen molar-refractivity contribution in [1.82, 2.24) is 29.8 Å². The highest BCUT2D eigenvalue weighted by molar-refractivity contribution is 5.94. The van der Waals surface area contributed by atoms with E-state index in [4.69, 9.17) is 4.74 Å². The Morgan fingerprint density at radius 3 is 2.81 bits per heavy atom. The average Bonchev–Trinajstić information content (AvgIpc) is 3.54. The van der Waals surface area contributed by atoms with Gasteiger partial charge in [-0.05, 0) is 51.4 Å². The van der Waals surface area contributed by atoms with E-state index >= 15 is 0 Å². The summed E-state index contributed by atoms with van der Waals surface area (Å²) in [7, 11) is 1.72. The maximum Gasteiger partial charge on any atom is 0.276 e. The number of carbonyl (C=O) groups is 1. The summed E-state index contributed by atoms with van der Waals surface area (Å²) in [5.74, 6) is -0.0688. The lowest BCUT2D eigenvalue weighted by molar-refractivity contribution is 0.0663. The molecule has 2 aromatic heterocycles. The summed E-state index contributed by atoms with van der Waals surface area (Å²) >= 11 is 0. The molecule has 0 radical (unpaired) electrons. The zero-order valence-electron chi connectivity index (χ0n) is 18.1. The third kappa shape index (κ3) is 3.70. The molecular weight excluding hydrogens is 392 g/mol. The number of ether oxygens (including phenoxy) is 1. The molecule has 4 heterocycles. The minimum absolute atomic E-state index is 0.0640. The zero-order valence-corrected chi connectivity index (χ0v) is 18.1. The lowest BCUT2D eigenvalue weighted by Gasteiger charge is -2.27. The highest BCUT2D eigenvalue weighted by Crippen LogP contribution is 2.26. The molecule has 8 heteroatoms. The Hall–Kier alpha value is -2.84. The zero-order chi connectivity index (χ0) is 21.4. The number of nitrogens with zero attached hydrogens (tertiary/aromatic N) is 6. The van der Waals surface area contributed by atoms with Crippen LogP contribution in [0.4, 0.5) is 0 Å².